The maximum absolute atomic E-state index is 13.7. The summed E-state index contributed by atoms with van der Waals surface area (Å²) in [5.41, 5.74) is 8.85. The Bertz CT molecular complexity index is 1210. The molecule has 10 heteroatoms. The maximum atomic E-state index is 13.7. The first-order valence-electron chi connectivity index (χ1n) is 8.42. The molecule has 0 unspecified atom stereocenters. The first-order chi connectivity index (χ1) is 13.9. The van der Waals surface area contributed by atoms with Gasteiger partial charge in [-0.25, -0.2) is 0 Å². The van der Waals surface area contributed by atoms with Crippen molar-refractivity contribution in [3.63, 3.8) is 0 Å². The fraction of sp³-hybridized carbons (Fsp3) is 0.158. The number of benzene rings is 1. The molecule has 0 aliphatic carbocycles. The van der Waals surface area contributed by atoms with Crippen LogP contribution in [0.5, 0.6) is 5.75 Å². The van der Waals surface area contributed by atoms with Crippen molar-refractivity contribution < 1.29 is 23.8 Å². The first kappa shape index (κ1) is 18.3. The van der Waals surface area contributed by atoms with Gasteiger partial charge in [0, 0.05) is 17.3 Å². The van der Waals surface area contributed by atoms with E-state index in [0.717, 1.165) is 11.0 Å². The van der Waals surface area contributed by atoms with Crippen molar-refractivity contribution in [2.24, 2.45) is 11.5 Å². The second kappa shape index (κ2) is 6.22. The molecule has 10 nitrogen and oxygen atoms in total. The summed E-state index contributed by atoms with van der Waals surface area (Å²) < 4.78 is 11.0. The number of carbonyl (C=O) groups is 2. The Hall–Kier alpha value is -4.10. The number of aliphatic hydroxyl groups excluding tert-OH is 1. The Morgan fingerprint density at radius 2 is 2.03 bits per heavy atom. The van der Waals surface area contributed by atoms with E-state index in [1.807, 2.05) is 6.07 Å². The monoisotopic (exact) mass is 394 g/mol. The number of aliphatic hydroxyl groups is 1. The van der Waals surface area contributed by atoms with Crippen molar-refractivity contribution in [3.8, 4) is 11.8 Å². The smallest absolute Gasteiger partial charge is 0.251 e. The molecular weight excluding hydrogens is 380 g/mol. The molecule has 3 heterocycles. The van der Waals surface area contributed by atoms with Crippen LogP contribution >= 0.6 is 0 Å². The number of hydrogen-bond donors (Lipinski definition) is 3. The van der Waals surface area contributed by atoms with E-state index in [9.17, 15) is 24.8 Å². The zero-order chi connectivity index (χ0) is 20.9. The minimum atomic E-state index is -1.96. The van der Waals surface area contributed by atoms with Crippen LogP contribution < -0.4 is 26.5 Å². The molecule has 0 bridgehead atoms. The van der Waals surface area contributed by atoms with Gasteiger partial charge in [0.1, 0.15) is 30.6 Å². The fourth-order valence-corrected chi connectivity index (χ4v) is 3.78. The molecule has 0 saturated heterocycles. The minimum Gasteiger partial charge on any atom is -0.457 e. The number of carbonyl (C=O) groups excluding carboxylic acids is 2. The Balaban J connectivity index is 2.16. The van der Waals surface area contributed by atoms with Gasteiger partial charge in [-0.1, -0.05) is 18.2 Å². The van der Waals surface area contributed by atoms with Gasteiger partial charge in [-0.3, -0.25) is 14.4 Å². The van der Waals surface area contributed by atoms with E-state index in [2.05, 4.69) is 0 Å². The van der Waals surface area contributed by atoms with E-state index < -0.39 is 41.7 Å². The fourth-order valence-electron chi connectivity index (χ4n) is 3.78. The molecule has 0 fully saturated rings. The predicted octanol–water partition coefficient (Wildman–Crippen LogP) is -0.664. The Labute approximate surface area is 163 Å². The standard InChI is InChI=1S/C19H14N4O6/c20-6-11-17(22)29-15-13(25)5-9(8-24)28-16(15)19(11)10-3-1-2-4-12(10)23(18(19)27)7-14(21)26/h1-5,24H,7-8,22H2,(H2,21,26)/t19-/m0/s1. The van der Waals surface area contributed by atoms with Gasteiger partial charge in [0.05, 0.1) is 0 Å². The summed E-state index contributed by atoms with van der Waals surface area (Å²) in [6.07, 6.45) is 0. The zero-order valence-corrected chi connectivity index (χ0v) is 14.8. The van der Waals surface area contributed by atoms with Crippen molar-refractivity contribution in [1.29, 1.82) is 5.26 Å². The molecule has 2 aromatic rings. The number of anilines is 1. The largest absolute Gasteiger partial charge is 0.457 e. The van der Waals surface area contributed by atoms with Crippen molar-refractivity contribution in [2.75, 3.05) is 11.4 Å². The topological polar surface area (TPSA) is 173 Å². The van der Waals surface area contributed by atoms with Crippen molar-refractivity contribution in [1.82, 2.24) is 0 Å². The lowest BCUT2D eigenvalue weighted by molar-refractivity contribution is -0.124. The molecule has 1 spiro atoms. The molecular formula is C19H14N4O6. The Kier molecular flexibility index (Phi) is 3.92. The van der Waals surface area contributed by atoms with Crippen LogP contribution in [0.2, 0.25) is 0 Å². The number of rotatable bonds is 3. The lowest BCUT2D eigenvalue weighted by Gasteiger charge is -2.32. The Morgan fingerprint density at radius 1 is 1.31 bits per heavy atom. The first-order valence-corrected chi connectivity index (χ1v) is 8.42. The summed E-state index contributed by atoms with van der Waals surface area (Å²) >= 11 is 0. The number of primary amides is 1. The summed E-state index contributed by atoms with van der Waals surface area (Å²) in [5, 5.41) is 19.3. The third kappa shape index (κ3) is 2.28. The highest BCUT2D eigenvalue weighted by Crippen LogP contribution is 2.54. The number of nitrogens with zero attached hydrogens (tertiary/aromatic N) is 2. The number of fused-ring (bicyclic) bond motifs is 4. The van der Waals surface area contributed by atoms with Gasteiger partial charge in [-0.05, 0) is 6.07 Å². The molecule has 2 amide bonds. The van der Waals surface area contributed by atoms with Crippen molar-refractivity contribution in [2.45, 2.75) is 12.0 Å². The molecule has 2 aliphatic rings. The SMILES string of the molecule is N#CC1=C(N)Oc2c(oc(CO)cc2=O)[C@@]12C(=O)N(CC(N)=O)c1ccccc12. The lowest BCUT2D eigenvalue weighted by Crippen LogP contribution is -2.48. The van der Waals surface area contributed by atoms with E-state index in [1.54, 1.807) is 24.3 Å². The molecule has 29 heavy (non-hydrogen) atoms. The third-order valence-corrected chi connectivity index (χ3v) is 4.88. The Morgan fingerprint density at radius 3 is 2.69 bits per heavy atom. The van der Waals surface area contributed by atoms with Crippen LogP contribution in [0.4, 0.5) is 5.69 Å². The van der Waals surface area contributed by atoms with Crippen LogP contribution in [-0.4, -0.2) is 23.5 Å². The predicted molar refractivity (Wildman–Crippen MR) is 97.1 cm³/mol. The van der Waals surface area contributed by atoms with Crippen LogP contribution in [0.3, 0.4) is 0 Å². The molecule has 5 N–H and O–H groups in total. The average molecular weight is 394 g/mol. The van der Waals surface area contributed by atoms with E-state index in [-0.39, 0.29) is 28.4 Å². The highest BCUT2D eigenvalue weighted by Gasteiger charge is 2.61. The number of hydrogen-bond acceptors (Lipinski definition) is 8. The van der Waals surface area contributed by atoms with Gasteiger partial charge in [-0.2, -0.15) is 5.26 Å². The number of nitrogens with two attached hydrogens (primary N) is 2. The maximum Gasteiger partial charge on any atom is 0.251 e. The van der Waals surface area contributed by atoms with Crippen LogP contribution in [0.25, 0.3) is 0 Å². The molecule has 2 aliphatic heterocycles. The molecule has 146 valence electrons. The van der Waals surface area contributed by atoms with Gasteiger partial charge >= 0.3 is 0 Å². The highest BCUT2D eigenvalue weighted by atomic mass is 16.5. The number of para-hydroxylation sites is 1. The summed E-state index contributed by atoms with van der Waals surface area (Å²) in [6, 6.07) is 9.26. The summed E-state index contributed by atoms with van der Waals surface area (Å²) in [5.74, 6) is -2.76. The quantitative estimate of drug-likeness (QED) is 0.615. The second-order valence-electron chi connectivity index (χ2n) is 6.47. The average Bonchev–Trinajstić information content (AvgIpc) is 2.92. The molecule has 0 radical (unpaired) electrons. The molecule has 4 rings (SSSR count). The van der Waals surface area contributed by atoms with E-state index in [1.165, 1.54) is 0 Å². The van der Waals surface area contributed by atoms with Gasteiger partial charge in [0.15, 0.2) is 11.2 Å². The molecule has 1 aromatic heterocycles. The van der Waals surface area contributed by atoms with Gasteiger partial charge in [0.2, 0.25) is 23.0 Å². The van der Waals surface area contributed by atoms with Gasteiger partial charge in [-0.15, -0.1) is 0 Å². The van der Waals surface area contributed by atoms with E-state index in [4.69, 9.17) is 20.6 Å². The minimum absolute atomic E-state index is 0.131. The second-order valence-corrected chi connectivity index (χ2v) is 6.47. The number of ether oxygens (including phenoxy) is 1. The lowest BCUT2D eigenvalue weighted by atomic mass is 9.72. The van der Waals surface area contributed by atoms with Crippen molar-refractivity contribution in [3.05, 3.63) is 69.1 Å². The molecule has 1 atom stereocenters. The van der Waals surface area contributed by atoms with Gasteiger partial charge < -0.3 is 30.6 Å². The van der Waals surface area contributed by atoms with E-state index >= 15 is 0 Å². The number of nitriles is 1. The van der Waals surface area contributed by atoms with E-state index in [0.29, 0.717) is 5.69 Å². The number of amides is 2. The van der Waals surface area contributed by atoms with Crippen LogP contribution in [0.1, 0.15) is 17.1 Å². The zero-order valence-electron chi connectivity index (χ0n) is 14.8. The third-order valence-electron chi connectivity index (χ3n) is 4.88. The van der Waals surface area contributed by atoms with Crippen LogP contribution in [0, 0.1) is 11.3 Å². The normalized spacial score (nSPS) is 19.6. The molecule has 0 saturated carbocycles. The van der Waals surface area contributed by atoms with Crippen molar-refractivity contribution >= 4 is 17.5 Å². The van der Waals surface area contributed by atoms with Crippen LogP contribution in [0.15, 0.2) is 51.0 Å². The molecule has 1 aromatic carbocycles. The highest BCUT2D eigenvalue weighted by molar-refractivity contribution is 6.15. The summed E-state index contributed by atoms with van der Waals surface area (Å²) in [7, 11) is 0. The van der Waals surface area contributed by atoms with Crippen LogP contribution in [-0.2, 0) is 21.6 Å². The summed E-state index contributed by atoms with van der Waals surface area (Å²) in [4.78, 5) is 38.9. The summed E-state index contributed by atoms with van der Waals surface area (Å²) in [6.45, 7) is -1.09. The van der Waals surface area contributed by atoms with Gasteiger partial charge in [0.25, 0.3) is 5.91 Å².